The van der Waals surface area contributed by atoms with E-state index in [-0.39, 0.29) is 11.8 Å². The van der Waals surface area contributed by atoms with Gasteiger partial charge in [0.2, 0.25) is 5.91 Å². The number of aromatic amines is 1. The fourth-order valence-electron chi connectivity index (χ4n) is 4.08. The predicted octanol–water partition coefficient (Wildman–Crippen LogP) is 3.36. The number of amides is 1. The number of hydrogen-bond acceptors (Lipinski definition) is 2. The maximum absolute atomic E-state index is 12.2. The highest BCUT2D eigenvalue weighted by atomic mass is 16.2. The lowest BCUT2D eigenvalue weighted by atomic mass is 10.0. The quantitative estimate of drug-likeness (QED) is 0.662. The van der Waals surface area contributed by atoms with Gasteiger partial charge in [-0.3, -0.25) is 4.79 Å². The zero-order valence-electron chi connectivity index (χ0n) is 12.8. The number of fused-ring (bicyclic) bond motifs is 2. The molecule has 2 fully saturated rings. The van der Waals surface area contributed by atoms with E-state index in [0.29, 0.717) is 11.8 Å². The number of carbonyl (C=O) groups excluding carboxylic acids is 1. The maximum Gasteiger partial charge on any atom is 0.243 e. The number of nitrogens with zero attached hydrogens (tertiary/aromatic N) is 1. The minimum Gasteiger partial charge on any atom is -0.358 e. The van der Waals surface area contributed by atoms with Gasteiger partial charge in [-0.05, 0) is 37.7 Å². The van der Waals surface area contributed by atoms with Crippen LogP contribution in [0.1, 0.15) is 36.9 Å². The highest BCUT2D eigenvalue weighted by molar-refractivity contribution is 6.00. The van der Waals surface area contributed by atoms with E-state index in [2.05, 4.69) is 21.6 Å². The summed E-state index contributed by atoms with van der Waals surface area (Å²) in [6.07, 6.45) is 6.76. The molecule has 2 aliphatic rings. The fraction of sp³-hybridized carbons (Fsp3) is 0.444. The largest absolute Gasteiger partial charge is 0.358 e. The second kappa shape index (κ2) is 5.27. The minimum atomic E-state index is 0.102. The predicted molar refractivity (Wildman–Crippen MR) is 87.7 cm³/mol. The van der Waals surface area contributed by atoms with Crippen molar-refractivity contribution < 1.29 is 4.79 Å². The molecule has 0 radical (unpaired) electrons. The van der Waals surface area contributed by atoms with Crippen molar-refractivity contribution in [2.24, 2.45) is 22.9 Å². The van der Waals surface area contributed by atoms with Gasteiger partial charge in [0, 0.05) is 28.1 Å². The highest BCUT2D eigenvalue weighted by Gasteiger charge is 2.54. The standard InChI is InChI=1S/C18H21N3O/c1-11-15(12-6-4-5-9-16(12)20-11)10-19-21-18(22)17-13-7-2-3-8-14(13)17/h4-6,9-10,13-14,17,20H,2-3,7-8H2,1H3,(H,21,22)/b19-10+/t13-,14+,17?. The SMILES string of the molecule is Cc1[nH]c2ccccc2c1/C=N/NC(=O)C1[C@H]2CCCC[C@@H]12. The summed E-state index contributed by atoms with van der Waals surface area (Å²) < 4.78 is 0. The molecule has 0 aliphatic heterocycles. The lowest BCUT2D eigenvalue weighted by Crippen LogP contribution is -2.20. The number of para-hydroxylation sites is 1. The monoisotopic (exact) mass is 295 g/mol. The molecule has 2 aliphatic carbocycles. The molecular weight excluding hydrogens is 274 g/mol. The molecule has 22 heavy (non-hydrogen) atoms. The van der Waals surface area contributed by atoms with Crippen LogP contribution in [0.4, 0.5) is 0 Å². The van der Waals surface area contributed by atoms with Crippen LogP contribution in [0.15, 0.2) is 29.4 Å². The fourth-order valence-corrected chi connectivity index (χ4v) is 4.08. The summed E-state index contributed by atoms with van der Waals surface area (Å²) in [5.41, 5.74) is 5.96. The number of aryl methyl sites for hydroxylation is 1. The van der Waals surface area contributed by atoms with Gasteiger partial charge >= 0.3 is 0 Å². The summed E-state index contributed by atoms with van der Waals surface area (Å²) in [7, 11) is 0. The first kappa shape index (κ1) is 13.6. The van der Waals surface area contributed by atoms with Crippen molar-refractivity contribution in [3.63, 3.8) is 0 Å². The number of carbonyl (C=O) groups is 1. The van der Waals surface area contributed by atoms with Gasteiger partial charge in [0.15, 0.2) is 0 Å². The summed E-state index contributed by atoms with van der Waals surface area (Å²) >= 11 is 0. The third-order valence-corrected chi connectivity index (χ3v) is 5.27. The number of hydrogen-bond donors (Lipinski definition) is 2. The molecule has 3 atom stereocenters. The number of H-pyrrole nitrogens is 1. The van der Waals surface area contributed by atoms with Gasteiger partial charge in [-0.15, -0.1) is 0 Å². The van der Waals surface area contributed by atoms with Gasteiger partial charge < -0.3 is 4.98 Å². The second-order valence-electron chi connectivity index (χ2n) is 6.58. The van der Waals surface area contributed by atoms with Crippen LogP contribution < -0.4 is 5.43 Å². The molecule has 4 heteroatoms. The smallest absolute Gasteiger partial charge is 0.243 e. The Bertz CT molecular complexity index is 734. The molecule has 4 rings (SSSR count). The van der Waals surface area contributed by atoms with Crippen molar-refractivity contribution in [1.82, 2.24) is 10.4 Å². The van der Waals surface area contributed by atoms with Gasteiger partial charge in [-0.25, -0.2) is 5.43 Å². The van der Waals surface area contributed by atoms with Crippen molar-refractivity contribution in [2.75, 3.05) is 0 Å². The Morgan fingerprint density at radius 3 is 2.77 bits per heavy atom. The lowest BCUT2D eigenvalue weighted by Gasteiger charge is -2.04. The molecule has 0 saturated heterocycles. The van der Waals surface area contributed by atoms with Crippen molar-refractivity contribution in [3.05, 3.63) is 35.5 Å². The third-order valence-electron chi connectivity index (χ3n) is 5.27. The van der Waals surface area contributed by atoms with Crippen LogP contribution in [-0.2, 0) is 4.79 Å². The van der Waals surface area contributed by atoms with Crippen molar-refractivity contribution in [3.8, 4) is 0 Å². The van der Waals surface area contributed by atoms with Crippen LogP contribution in [0.3, 0.4) is 0 Å². The Kier molecular flexibility index (Phi) is 3.25. The van der Waals surface area contributed by atoms with Crippen LogP contribution >= 0.6 is 0 Å². The summed E-state index contributed by atoms with van der Waals surface area (Å²) in [5, 5.41) is 5.34. The number of aromatic nitrogens is 1. The molecular formula is C18H21N3O. The van der Waals surface area contributed by atoms with E-state index < -0.39 is 0 Å². The van der Waals surface area contributed by atoms with E-state index in [1.807, 2.05) is 25.1 Å². The Balaban J connectivity index is 1.45. The average Bonchev–Trinajstić information content (AvgIpc) is 3.18. The molecule has 1 amide bonds. The molecule has 2 N–H and O–H groups in total. The molecule has 1 aromatic heterocycles. The molecule has 2 saturated carbocycles. The van der Waals surface area contributed by atoms with Crippen LogP contribution in [-0.4, -0.2) is 17.1 Å². The normalized spacial score (nSPS) is 27.0. The van der Waals surface area contributed by atoms with Gasteiger partial charge in [-0.2, -0.15) is 5.10 Å². The Morgan fingerprint density at radius 2 is 2.00 bits per heavy atom. The second-order valence-corrected chi connectivity index (χ2v) is 6.58. The zero-order chi connectivity index (χ0) is 15.1. The molecule has 1 heterocycles. The van der Waals surface area contributed by atoms with Gasteiger partial charge in [0.1, 0.15) is 0 Å². The summed E-state index contributed by atoms with van der Waals surface area (Å²) in [6.45, 7) is 2.03. The first-order valence-corrected chi connectivity index (χ1v) is 8.16. The first-order chi connectivity index (χ1) is 10.8. The summed E-state index contributed by atoms with van der Waals surface area (Å²) in [5.74, 6) is 1.56. The van der Waals surface area contributed by atoms with E-state index in [4.69, 9.17) is 0 Å². The van der Waals surface area contributed by atoms with Crippen LogP contribution in [0.5, 0.6) is 0 Å². The van der Waals surface area contributed by atoms with Crippen LogP contribution in [0.2, 0.25) is 0 Å². The van der Waals surface area contributed by atoms with Crippen molar-refractivity contribution >= 4 is 23.0 Å². The first-order valence-electron chi connectivity index (χ1n) is 8.16. The number of hydrazone groups is 1. The highest BCUT2D eigenvalue weighted by Crippen LogP contribution is 2.55. The number of benzene rings is 1. The summed E-state index contributed by atoms with van der Waals surface area (Å²) in [4.78, 5) is 15.6. The van der Waals surface area contributed by atoms with E-state index in [0.717, 1.165) is 22.2 Å². The van der Waals surface area contributed by atoms with Gasteiger partial charge in [0.05, 0.1) is 6.21 Å². The third kappa shape index (κ3) is 2.23. The van der Waals surface area contributed by atoms with Crippen molar-refractivity contribution in [2.45, 2.75) is 32.6 Å². The topological polar surface area (TPSA) is 57.2 Å². The van der Waals surface area contributed by atoms with E-state index in [1.165, 1.54) is 25.7 Å². The Labute approximate surface area is 130 Å². The molecule has 2 aromatic rings. The van der Waals surface area contributed by atoms with Crippen molar-refractivity contribution in [1.29, 1.82) is 0 Å². The molecule has 114 valence electrons. The zero-order valence-corrected chi connectivity index (χ0v) is 12.8. The number of nitrogens with one attached hydrogen (secondary N) is 2. The minimum absolute atomic E-state index is 0.102. The van der Waals surface area contributed by atoms with Crippen LogP contribution in [0.25, 0.3) is 10.9 Å². The Morgan fingerprint density at radius 1 is 1.27 bits per heavy atom. The average molecular weight is 295 g/mol. The molecule has 0 bridgehead atoms. The Hall–Kier alpha value is -2.10. The molecule has 1 unspecified atom stereocenters. The lowest BCUT2D eigenvalue weighted by molar-refractivity contribution is -0.122. The van der Waals surface area contributed by atoms with E-state index in [1.54, 1.807) is 6.21 Å². The molecule has 4 nitrogen and oxygen atoms in total. The number of rotatable bonds is 3. The molecule has 0 spiro atoms. The molecule has 1 aromatic carbocycles. The maximum atomic E-state index is 12.2. The van der Waals surface area contributed by atoms with E-state index in [9.17, 15) is 4.79 Å². The summed E-state index contributed by atoms with van der Waals surface area (Å²) in [6, 6.07) is 8.14. The van der Waals surface area contributed by atoms with E-state index >= 15 is 0 Å². The van der Waals surface area contributed by atoms with Crippen LogP contribution in [0, 0.1) is 24.7 Å². The van der Waals surface area contributed by atoms with Gasteiger partial charge in [0.25, 0.3) is 0 Å². The van der Waals surface area contributed by atoms with Gasteiger partial charge in [-0.1, -0.05) is 31.0 Å².